The second-order valence-electron chi connectivity index (χ2n) is 6.66. The smallest absolute Gasteiger partial charge is 0.234 e. The SMILES string of the molecule is Cc1ccc(OCc2nnc(SCC(=O)Nc3c(C)cccc3C)n2C)cc1. The molecule has 0 atom stereocenters. The van der Waals surface area contributed by atoms with Gasteiger partial charge in [-0.15, -0.1) is 10.2 Å². The fraction of sp³-hybridized carbons (Fsp3) is 0.286. The van der Waals surface area contributed by atoms with Gasteiger partial charge < -0.3 is 14.6 Å². The Kier molecular flexibility index (Phi) is 6.36. The first kappa shape index (κ1) is 19.9. The topological polar surface area (TPSA) is 69.0 Å². The van der Waals surface area contributed by atoms with Crippen LogP contribution in [0.4, 0.5) is 5.69 Å². The van der Waals surface area contributed by atoms with E-state index in [1.54, 1.807) is 0 Å². The van der Waals surface area contributed by atoms with Gasteiger partial charge in [-0.2, -0.15) is 0 Å². The molecule has 0 aliphatic rings. The Labute approximate surface area is 169 Å². The second kappa shape index (κ2) is 8.93. The third kappa shape index (κ3) is 4.92. The summed E-state index contributed by atoms with van der Waals surface area (Å²) in [6, 6.07) is 13.8. The average molecular weight is 397 g/mol. The molecule has 1 amide bonds. The monoisotopic (exact) mass is 396 g/mol. The summed E-state index contributed by atoms with van der Waals surface area (Å²) in [5, 5.41) is 12.0. The van der Waals surface area contributed by atoms with Gasteiger partial charge in [0.15, 0.2) is 11.0 Å². The molecule has 1 aromatic heterocycles. The Bertz CT molecular complexity index is 947. The number of carbonyl (C=O) groups excluding carboxylic acids is 1. The lowest BCUT2D eigenvalue weighted by molar-refractivity contribution is -0.113. The maximum Gasteiger partial charge on any atom is 0.234 e. The van der Waals surface area contributed by atoms with Gasteiger partial charge in [-0.3, -0.25) is 4.79 Å². The lowest BCUT2D eigenvalue weighted by Gasteiger charge is -2.11. The molecule has 3 rings (SSSR count). The van der Waals surface area contributed by atoms with E-state index in [9.17, 15) is 4.79 Å². The van der Waals surface area contributed by atoms with E-state index in [0.29, 0.717) is 17.6 Å². The molecule has 1 heterocycles. The predicted molar refractivity (Wildman–Crippen MR) is 112 cm³/mol. The van der Waals surface area contributed by atoms with Crippen molar-refractivity contribution in [3.05, 3.63) is 65.0 Å². The van der Waals surface area contributed by atoms with E-state index in [1.807, 2.05) is 74.9 Å². The first-order valence-electron chi connectivity index (χ1n) is 9.00. The minimum Gasteiger partial charge on any atom is -0.486 e. The highest BCUT2D eigenvalue weighted by Gasteiger charge is 2.13. The molecular weight excluding hydrogens is 372 g/mol. The molecule has 0 aliphatic carbocycles. The van der Waals surface area contributed by atoms with Gasteiger partial charge in [0.1, 0.15) is 12.4 Å². The Balaban J connectivity index is 1.55. The van der Waals surface area contributed by atoms with Gasteiger partial charge in [0.2, 0.25) is 5.91 Å². The van der Waals surface area contributed by atoms with Crippen molar-refractivity contribution < 1.29 is 9.53 Å². The normalized spacial score (nSPS) is 10.7. The Morgan fingerprint density at radius 3 is 2.43 bits per heavy atom. The average Bonchev–Trinajstić information content (AvgIpc) is 3.02. The van der Waals surface area contributed by atoms with E-state index in [4.69, 9.17) is 4.74 Å². The van der Waals surface area contributed by atoms with Crippen LogP contribution in [0.15, 0.2) is 47.6 Å². The second-order valence-corrected chi connectivity index (χ2v) is 7.61. The van der Waals surface area contributed by atoms with Gasteiger partial charge in [0.25, 0.3) is 0 Å². The molecule has 1 N–H and O–H groups in total. The van der Waals surface area contributed by atoms with Crippen LogP contribution < -0.4 is 10.1 Å². The van der Waals surface area contributed by atoms with Crippen molar-refractivity contribution in [2.24, 2.45) is 7.05 Å². The number of ether oxygens (including phenoxy) is 1. The maximum absolute atomic E-state index is 12.3. The van der Waals surface area contributed by atoms with Crippen LogP contribution in [0.25, 0.3) is 0 Å². The van der Waals surface area contributed by atoms with E-state index < -0.39 is 0 Å². The van der Waals surface area contributed by atoms with Crippen LogP contribution in [0.5, 0.6) is 5.75 Å². The lowest BCUT2D eigenvalue weighted by atomic mass is 10.1. The minimum absolute atomic E-state index is 0.0668. The first-order valence-corrected chi connectivity index (χ1v) is 9.99. The summed E-state index contributed by atoms with van der Waals surface area (Å²) in [6.07, 6.45) is 0. The van der Waals surface area contributed by atoms with Crippen LogP contribution in [-0.4, -0.2) is 26.4 Å². The van der Waals surface area contributed by atoms with E-state index in [2.05, 4.69) is 15.5 Å². The molecule has 2 aromatic carbocycles. The molecule has 6 nitrogen and oxygen atoms in total. The zero-order valence-corrected chi connectivity index (χ0v) is 17.3. The van der Waals surface area contributed by atoms with Crippen molar-refractivity contribution in [3.63, 3.8) is 0 Å². The number of rotatable bonds is 7. The fourth-order valence-electron chi connectivity index (χ4n) is 2.70. The summed E-state index contributed by atoms with van der Waals surface area (Å²) in [6.45, 7) is 6.33. The van der Waals surface area contributed by atoms with Gasteiger partial charge in [-0.1, -0.05) is 47.7 Å². The number of anilines is 1. The first-order chi connectivity index (χ1) is 13.4. The van der Waals surface area contributed by atoms with Gasteiger partial charge in [0.05, 0.1) is 5.75 Å². The number of benzene rings is 2. The molecule has 0 saturated carbocycles. The highest BCUT2D eigenvalue weighted by atomic mass is 32.2. The standard InChI is InChI=1S/C21H24N4O2S/c1-14-8-10-17(11-9-14)27-12-18-23-24-21(25(18)4)28-13-19(26)22-20-15(2)6-5-7-16(20)3/h5-11H,12-13H2,1-4H3,(H,22,26). The van der Waals surface area contributed by atoms with Gasteiger partial charge in [-0.05, 0) is 44.0 Å². The number of amides is 1. The zero-order valence-electron chi connectivity index (χ0n) is 16.5. The van der Waals surface area contributed by atoms with Crippen molar-refractivity contribution in [1.29, 1.82) is 0 Å². The van der Waals surface area contributed by atoms with Crippen molar-refractivity contribution in [3.8, 4) is 5.75 Å². The molecule has 0 aliphatic heterocycles. The van der Waals surface area contributed by atoms with E-state index in [0.717, 1.165) is 22.6 Å². The van der Waals surface area contributed by atoms with Gasteiger partial charge >= 0.3 is 0 Å². The largest absolute Gasteiger partial charge is 0.486 e. The summed E-state index contributed by atoms with van der Waals surface area (Å²) in [4.78, 5) is 12.3. The number of aryl methyl sites for hydroxylation is 3. The third-order valence-corrected chi connectivity index (χ3v) is 5.41. The van der Waals surface area contributed by atoms with Crippen LogP contribution in [0.2, 0.25) is 0 Å². The summed E-state index contributed by atoms with van der Waals surface area (Å²) in [5.74, 6) is 1.69. The number of hydrogen-bond acceptors (Lipinski definition) is 5. The number of hydrogen-bond donors (Lipinski definition) is 1. The number of aromatic nitrogens is 3. The number of nitrogens with one attached hydrogen (secondary N) is 1. The molecule has 0 saturated heterocycles. The molecule has 3 aromatic rings. The Hall–Kier alpha value is -2.80. The number of nitrogens with zero attached hydrogens (tertiary/aromatic N) is 3. The zero-order chi connectivity index (χ0) is 20.1. The molecular formula is C21H24N4O2S. The molecule has 0 spiro atoms. The summed E-state index contributed by atoms with van der Waals surface area (Å²) in [7, 11) is 1.87. The molecule has 0 radical (unpaired) electrons. The van der Waals surface area contributed by atoms with Crippen LogP contribution >= 0.6 is 11.8 Å². The summed E-state index contributed by atoms with van der Waals surface area (Å²) >= 11 is 1.35. The van der Waals surface area contributed by atoms with Gasteiger partial charge in [0, 0.05) is 12.7 Å². The molecule has 7 heteroatoms. The lowest BCUT2D eigenvalue weighted by Crippen LogP contribution is -2.16. The molecule has 0 unspecified atom stereocenters. The highest BCUT2D eigenvalue weighted by molar-refractivity contribution is 7.99. The minimum atomic E-state index is -0.0668. The molecule has 146 valence electrons. The van der Waals surface area contributed by atoms with Crippen molar-refractivity contribution in [1.82, 2.24) is 14.8 Å². The van der Waals surface area contributed by atoms with Crippen molar-refractivity contribution in [2.75, 3.05) is 11.1 Å². The van der Waals surface area contributed by atoms with Gasteiger partial charge in [-0.25, -0.2) is 0 Å². The van der Waals surface area contributed by atoms with E-state index >= 15 is 0 Å². The van der Waals surface area contributed by atoms with Crippen molar-refractivity contribution in [2.45, 2.75) is 32.5 Å². The molecule has 0 fully saturated rings. The number of thioether (sulfide) groups is 1. The van der Waals surface area contributed by atoms with E-state index in [-0.39, 0.29) is 11.7 Å². The summed E-state index contributed by atoms with van der Waals surface area (Å²) < 4.78 is 7.61. The Morgan fingerprint density at radius 1 is 1.07 bits per heavy atom. The number of carbonyl (C=O) groups is 1. The van der Waals surface area contributed by atoms with Crippen LogP contribution in [-0.2, 0) is 18.4 Å². The highest BCUT2D eigenvalue weighted by Crippen LogP contribution is 2.21. The number of para-hydroxylation sites is 1. The van der Waals surface area contributed by atoms with E-state index in [1.165, 1.54) is 17.3 Å². The summed E-state index contributed by atoms with van der Waals surface area (Å²) in [5.41, 5.74) is 4.15. The quantitative estimate of drug-likeness (QED) is 0.610. The Morgan fingerprint density at radius 2 is 1.75 bits per heavy atom. The fourth-order valence-corrected chi connectivity index (χ4v) is 3.43. The maximum atomic E-state index is 12.3. The van der Waals surface area contributed by atoms with Crippen LogP contribution in [0, 0.1) is 20.8 Å². The van der Waals surface area contributed by atoms with Crippen LogP contribution in [0.1, 0.15) is 22.5 Å². The van der Waals surface area contributed by atoms with Crippen molar-refractivity contribution >= 4 is 23.4 Å². The molecule has 28 heavy (non-hydrogen) atoms. The van der Waals surface area contributed by atoms with Crippen LogP contribution in [0.3, 0.4) is 0 Å². The third-order valence-electron chi connectivity index (χ3n) is 4.39. The molecule has 0 bridgehead atoms. The predicted octanol–water partition coefficient (Wildman–Crippen LogP) is 4.05.